The van der Waals surface area contributed by atoms with E-state index in [-0.39, 0.29) is 22.3 Å². The Morgan fingerprint density at radius 2 is 1.63 bits per heavy atom. The van der Waals surface area contributed by atoms with Crippen molar-refractivity contribution in [3.63, 3.8) is 0 Å². The fourth-order valence-electron chi connectivity index (χ4n) is 4.38. The number of benzene rings is 3. The molecule has 8 nitrogen and oxygen atoms in total. The molecular weight excluding hydrogens is 570 g/mol. The highest BCUT2D eigenvalue weighted by molar-refractivity contribution is 6.39. The van der Waals surface area contributed by atoms with Crippen LogP contribution < -0.4 is 26.6 Å². The van der Waals surface area contributed by atoms with Crippen LogP contribution >= 0.6 is 23.2 Å². The van der Waals surface area contributed by atoms with E-state index in [1.54, 1.807) is 42.5 Å². The first kappa shape index (κ1) is 30.0. The fourth-order valence-corrected chi connectivity index (χ4v) is 4.99. The number of nitrogens with one attached hydrogen (secondary N) is 2. The SMILES string of the molecule is COc1cc(-c2cccc(-c3cccc(NC(=O)c4cn(C)c(=O)n(C)c4=O)c3Cl)c2Cl)cc(F)c1CNC(C)C. The summed E-state index contributed by atoms with van der Waals surface area (Å²) in [7, 11) is 4.22. The van der Waals surface area contributed by atoms with Gasteiger partial charge in [0.15, 0.2) is 0 Å². The zero-order valence-electron chi connectivity index (χ0n) is 23.1. The van der Waals surface area contributed by atoms with Crippen LogP contribution in [0.2, 0.25) is 10.0 Å². The van der Waals surface area contributed by atoms with E-state index in [1.165, 1.54) is 33.5 Å². The molecule has 3 aromatic carbocycles. The molecule has 1 heterocycles. The first-order valence-electron chi connectivity index (χ1n) is 12.7. The summed E-state index contributed by atoms with van der Waals surface area (Å²) in [5.74, 6) is -0.766. The minimum atomic E-state index is -0.734. The van der Waals surface area contributed by atoms with Gasteiger partial charge in [0, 0.05) is 55.1 Å². The number of ether oxygens (including phenoxy) is 1. The molecule has 0 aliphatic heterocycles. The van der Waals surface area contributed by atoms with Gasteiger partial charge in [-0.05, 0) is 23.8 Å². The fraction of sp³-hybridized carbons (Fsp3) is 0.233. The van der Waals surface area contributed by atoms with Crippen LogP contribution in [0.15, 0.2) is 64.3 Å². The predicted molar refractivity (Wildman–Crippen MR) is 161 cm³/mol. The summed E-state index contributed by atoms with van der Waals surface area (Å²) in [4.78, 5) is 37.5. The number of methoxy groups -OCH3 is 1. The van der Waals surface area contributed by atoms with Gasteiger partial charge >= 0.3 is 5.69 Å². The molecule has 0 unspecified atom stereocenters. The molecule has 4 aromatic rings. The molecule has 4 rings (SSSR count). The van der Waals surface area contributed by atoms with Crippen LogP contribution in [0.4, 0.5) is 10.1 Å². The van der Waals surface area contributed by atoms with Gasteiger partial charge in [0.2, 0.25) is 0 Å². The molecule has 1 aromatic heterocycles. The molecule has 0 aliphatic carbocycles. The van der Waals surface area contributed by atoms with Gasteiger partial charge < -0.3 is 19.9 Å². The van der Waals surface area contributed by atoms with Crippen LogP contribution in [-0.2, 0) is 20.6 Å². The van der Waals surface area contributed by atoms with Gasteiger partial charge in [-0.15, -0.1) is 0 Å². The number of rotatable bonds is 8. The van der Waals surface area contributed by atoms with E-state index in [1.807, 2.05) is 13.8 Å². The van der Waals surface area contributed by atoms with E-state index in [0.717, 1.165) is 9.13 Å². The maximum Gasteiger partial charge on any atom is 0.330 e. The number of aryl methyl sites for hydroxylation is 1. The molecule has 0 bridgehead atoms. The monoisotopic (exact) mass is 598 g/mol. The molecule has 0 spiro atoms. The maximum atomic E-state index is 15.2. The van der Waals surface area contributed by atoms with Crippen LogP contribution in [0.3, 0.4) is 0 Å². The summed E-state index contributed by atoms with van der Waals surface area (Å²) in [6, 6.07) is 13.6. The van der Waals surface area contributed by atoms with Crippen molar-refractivity contribution in [1.82, 2.24) is 14.5 Å². The maximum absolute atomic E-state index is 15.2. The van der Waals surface area contributed by atoms with Crippen LogP contribution in [0.5, 0.6) is 5.75 Å². The van der Waals surface area contributed by atoms with Crippen molar-refractivity contribution in [2.45, 2.75) is 26.4 Å². The number of hydrogen-bond acceptors (Lipinski definition) is 5. The summed E-state index contributed by atoms with van der Waals surface area (Å²) >= 11 is 13.6. The number of amides is 1. The van der Waals surface area contributed by atoms with E-state index < -0.39 is 23.0 Å². The molecule has 214 valence electrons. The van der Waals surface area contributed by atoms with E-state index in [2.05, 4.69) is 10.6 Å². The Balaban J connectivity index is 1.73. The Kier molecular flexibility index (Phi) is 9.01. The number of carbonyl (C=O) groups excluding carboxylic acids is 1. The Morgan fingerprint density at radius 1 is 1.00 bits per heavy atom. The average Bonchev–Trinajstić information content (AvgIpc) is 2.94. The first-order valence-corrected chi connectivity index (χ1v) is 13.5. The standard InChI is InChI=1S/C30H29Cl2FN4O4/c1-16(2)34-14-21-23(33)12-17(13-25(21)41-5)18-8-6-9-19(26(18)31)20-10-7-11-24(27(20)32)35-28(38)22-15-36(3)30(40)37(4)29(22)39/h6-13,15-16,34H,14H2,1-5H3,(H,35,38). The van der Waals surface area contributed by atoms with Crippen molar-refractivity contribution in [1.29, 1.82) is 0 Å². The second kappa shape index (κ2) is 12.3. The van der Waals surface area contributed by atoms with E-state index in [0.29, 0.717) is 45.1 Å². The number of aromatic nitrogens is 2. The second-order valence-corrected chi connectivity index (χ2v) is 10.5. The highest BCUT2D eigenvalue weighted by Crippen LogP contribution is 2.42. The number of halogens is 3. The van der Waals surface area contributed by atoms with Crippen LogP contribution in [0.25, 0.3) is 22.3 Å². The minimum absolute atomic E-state index is 0.168. The predicted octanol–water partition coefficient (Wildman–Crippen LogP) is 5.62. The third-order valence-electron chi connectivity index (χ3n) is 6.60. The third-order valence-corrected chi connectivity index (χ3v) is 7.41. The zero-order chi connectivity index (χ0) is 30.0. The Hall–Kier alpha value is -3.92. The Morgan fingerprint density at radius 3 is 2.29 bits per heavy atom. The third kappa shape index (κ3) is 6.07. The molecule has 0 fully saturated rings. The normalized spacial score (nSPS) is 11.1. The lowest BCUT2D eigenvalue weighted by molar-refractivity contribution is 0.102. The van der Waals surface area contributed by atoms with Crippen molar-refractivity contribution in [2.24, 2.45) is 14.1 Å². The highest BCUT2D eigenvalue weighted by atomic mass is 35.5. The van der Waals surface area contributed by atoms with Gasteiger partial charge in [0.05, 0.1) is 22.8 Å². The average molecular weight is 599 g/mol. The summed E-state index contributed by atoms with van der Waals surface area (Å²) in [6.07, 6.45) is 1.18. The smallest absolute Gasteiger partial charge is 0.330 e. The van der Waals surface area contributed by atoms with Crippen LogP contribution in [0, 0.1) is 5.82 Å². The van der Waals surface area contributed by atoms with Crippen molar-refractivity contribution in [2.75, 3.05) is 12.4 Å². The number of nitrogens with zero attached hydrogens (tertiary/aromatic N) is 2. The molecule has 2 N–H and O–H groups in total. The number of carbonyl (C=O) groups is 1. The number of hydrogen-bond donors (Lipinski definition) is 2. The first-order chi connectivity index (χ1) is 19.4. The van der Waals surface area contributed by atoms with E-state index in [4.69, 9.17) is 27.9 Å². The van der Waals surface area contributed by atoms with Crippen LogP contribution in [0.1, 0.15) is 29.8 Å². The van der Waals surface area contributed by atoms with E-state index in [9.17, 15) is 14.4 Å². The van der Waals surface area contributed by atoms with E-state index >= 15 is 4.39 Å². The molecule has 0 radical (unpaired) electrons. The van der Waals surface area contributed by atoms with Gasteiger partial charge in [0.25, 0.3) is 11.5 Å². The van der Waals surface area contributed by atoms with Gasteiger partial charge in [0.1, 0.15) is 17.1 Å². The number of anilines is 1. The quantitative estimate of drug-likeness (QED) is 0.274. The lowest BCUT2D eigenvalue weighted by Crippen LogP contribution is -2.40. The molecule has 1 amide bonds. The molecular formula is C30H29Cl2FN4O4. The molecule has 0 saturated carbocycles. The van der Waals surface area contributed by atoms with Gasteiger partial charge in [-0.3, -0.25) is 14.2 Å². The Bertz CT molecular complexity index is 1770. The largest absolute Gasteiger partial charge is 0.496 e. The summed E-state index contributed by atoms with van der Waals surface area (Å²) < 4.78 is 22.7. The summed E-state index contributed by atoms with van der Waals surface area (Å²) in [5, 5.41) is 6.35. The second-order valence-electron chi connectivity index (χ2n) is 9.76. The van der Waals surface area contributed by atoms with Crippen molar-refractivity contribution in [3.8, 4) is 28.0 Å². The lowest BCUT2D eigenvalue weighted by Gasteiger charge is -2.17. The molecule has 11 heteroatoms. The zero-order valence-corrected chi connectivity index (χ0v) is 24.7. The lowest BCUT2D eigenvalue weighted by atomic mass is 9.97. The summed E-state index contributed by atoms with van der Waals surface area (Å²) in [5.41, 5.74) is 1.28. The Labute approximate surface area is 246 Å². The van der Waals surface area contributed by atoms with Gasteiger partial charge in [-0.25, -0.2) is 9.18 Å². The minimum Gasteiger partial charge on any atom is -0.496 e. The van der Waals surface area contributed by atoms with Gasteiger partial charge in [-0.2, -0.15) is 0 Å². The highest BCUT2D eigenvalue weighted by Gasteiger charge is 2.20. The topological polar surface area (TPSA) is 94.4 Å². The molecule has 41 heavy (non-hydrogen) atoms. The summed E-state index contributed by atoms with van der Waals surface area (Å²) in [6.45, 7) is 4.25. The molecule has 0 saturated heterocycles. The van der Waals surface area contributed by atoms with Crippen molar-refractivity contribution in [3.05, 3.63) is 103 Å². The molecule has 0 atom stereocenters. The molecule has 0 aliphatic rings. The van der Waals surface area contributed by atoms with Crippen LogP contribution in [-0.4, -0.2) is 28.2 Å². The van der Waals surface area contributed by atoms with Crippen molar-refractivity contribution < 1.29 is 13.9 Å². The van der Waals surface area contributed by atoms with Crippen molar-refractivity contribution >= 4 is 34.8 Å². The van der Waals surface area contributed by atoms with Gasteiger partial charge in [-0.1, -0.05) is 67.4 Å².